The van der Waals surface area contributed by atoms with Gasteiger partial charge in [0.1, 0.15) is 5.75 Å². The fraction of sp³-hybridized carbons (Fsp3) is 0.464. The van der Waals surface area contributed by atoms with Crippen LogP contribution in [0.5, 0.6) is 5.75 Å². The minimum absolute atomic E-state index is 0.0678. The molecule has 2 aromatic carbocycles. The third-order valence-corrected chi connectivity index (χ3v) is 6.87. The third kappa shape index (κ3) is 7.21. The molecule has 11 heteroatoms. The normalized spacial score (nSPS) is 18.9. The van der Waals surface area contributed by atoms with Gasteiger partial charge < -0.3 is 24.7 Å². The van der Waals surface area contributed by atoms with E-state index in [1.54, 1.807) is 18.2 Å². The number of carbonyl (C=O) groups is 2. The Morgan fingerprint density at radius 3 is 2.49 bits per heavy atom. The van der Waals surface area contributed by atoms with E-state index in [2.05, 4.69) is 45.4 Å². The molecule has 39 heavy (non-hydrogen) atoms. The lowest BCUT2D eigenvalue weighted by Gasteiger charge is -2.40. The zero-order valence-electron chi connectivity index (χ0n) is 22.4. The van der Waals surface area contributed by atoms with Crippen molar-refractivity contribution < 1.29 is 32.2 Å². The lowest BCUT2D eigenvalue weighted by molar-refractivity contribution is -0.274. The predicted octanol–water partition coefficient (Wildman–Crippen LogP) is 6.36. The second-order valence-corrected chi connectivity index (χ2v) is 10.9. The lowest BCUT2D eigenvalue weighted by atomic mass is 9.70. The number of hydrogen-bond donors (Lipinski definition) is 2. The van der Waals surface area contributed by atoms with Gasteiger partial charge in [-0.1, -0.05) is 20.8 Å². The van der Waals surface area contributed by atoms with Gasteiger partial charge in [0.25, 0.3) is 5.91 Å². The molecule has 0 radical (unpaired) electrons. The molecule has 1 aliphatic rings. The van der Waals surface area contributed by atoms with Crippen LogP contribution in [0.3, 0.4) is 0 Å². The van der Waals surface area contributed by atoms with Crippen molar-refractivity contribution in [2.45, 2.75) is 58.9 Å². The van der Waals surface area contributed by atoms with E-state index >= 15 is 0 Å². The third-order valence-electron chi connectivity index (χ3n) is 6.87. The average Bonchev–Trinajstić information content (AvgIpc) is 3.19. The number of alkyl halides is 3. The van der Waals surface area contributed by atoms with E-state index in [4.69, 9.17) is 4.98 Å². The number of amides is 1. The molecule has 1 fully saturated rings. The molecule has 1 heterocycles. The van der Waals surface area contributed by atoms with E-state index in [0.717, 1.165) is 24.8 Å². The molecule has 2 N–H and O–H groups in total. The van der Waals surface area contributed by atoms with Gasteiger partial charge in [0.05, 0.1) is 24.6 Å². The van der Waals surface area contributed by atoms with Gasteiger partial charge in [-0.05, 0) is 73.1 Å². The summed E-state index contributed by atoms with van der Waals surface area (Å²) in [6, 6.07) is 10.8. The Bertz CT molecular complexity index is 1340. The Kier molecular flexibility index (Phi) is 8.08. The van der Waals surface area contributed by atoms with Crippen molar-refractivity contribution in [1.29, 1.82) is 0 Å². The SMILES string of the molecule is COC(=O)CCNC(=O)c1ccc2nc(Nc3ccc(OC(F)(F)F)cc3)n(C3CC(C)CC(C)(C)C3)c2c1. The molecule has 0 aliphatic heterocycles. The molecule has 8 nitrogen and oxygen atoms in total. The molecule has 2 atom stereocenters. The number of halogens is 3. The summed E-state index contributed by atoms with van der Waals surface area (Å²) in [5.74, 6) is -0.0419. The van der Waals surface area contributed by atoms with Crippen LogP contribution in [-0.4, -0.2) is 41.4 Å². The van der Waals surface area contributed by atoms with Gasteiger partial charge in [0.15, 0.2) is 0 Å². The Balaban J connectivity index is 1.68. The van der Waals surface area contributed by atoms with Crippen molar-refractivity contribution in [3.63, 3.8) is 0 Å². The average molecular weight is 547 g/mol. The number of aromatic nitrogens is 2. The van der Waals surface area contributed by atoms with Gasteiger partial charge in [-0.25, -0.2) is 4.98 Å². The van der Waals surface area contributed by atoms with Gasteiger partial charge in [-0.3, -0.25) is 9.59 Å². The maximum absolute atomic E-state index is 12.8. The van der Waals surface area contributed by atoms with E-state index in [1.165, 1.54) is 31.4 Å². The van der Waals surface area contributed by atoms with Crippen LogP contribution >= 0.6 is 0 Å². The summed E-state index contributed by atoms with van der Waals surface area (Å²) < 4.78 is 48.4. The number of esters is 1. The summed E-state index contributed by atoms with van der Waals surface area (Å²) in [6.07, 6.45) is -1.80. The largest absolute Gasteiger partial charge is 0.573 e. The van der Waals surface area contributed by atoms with Gasteiger partial charge in [-0.15, -0.1) is 13.2 Å². The summed E-state index contributed by atoms with van der Waals surface area (Å²) in [5, 5.41) is 6.00. The molecule has 210 valence electrons. The highest BCUT2D eigenvalue weighted by atomic mass is 19.4. The number of rotatable bonds is 8. The number of ether oxygens (including phenoxy) is 2. The van der Waals surface area contributed by atoms with E-state index < -0.39 is 12.3 Å². The second-order valence-electron chi connectivity index (χ2n) is 10.9. The molecule has 1 amide bonds. The topological polar surface area (TPSA) is 94.5 Å². The van der Waals surface area contributed by atoms with Crippen LogP contribution in [0.25, 0.3) is 11.0 Å². The highest BCUT2D eigenvalue weighted by molar-refractivity contribution is 5.98. The first-order valence-electron chi connectivity index (χ1n) is 12.8. The smallest absolute Gasteiger partial charge is 0.469 e. The number of fused-ring (bicyclic) bond motifs is 1. The van der Waals surface area contributed by atoms with Crippen molar-refractivity contribution in [2.24, 2.45) is 11.3 Å². The van der Waals surface area contributed by atoms with Crippen molar-refractivity contribution in [1.82, 2.24) is 14.9 Å². The molecule has 3 aromatic rings. The van der Waals surface area contributed by atoms with Gasteiger partial charge in [0, 0.05) is 23.8 Å². The number of hydrogen-bond acceptors (Lipinski definition) is 6. The van der Waals surface area contributed by atoms with Crippen molar-refractivity contribution in [2.75, 3.05) is 19.0 Å². The molecule has 1 saturated carbocycles. The Labute approximate surface area is 224 Å². The second kappa shape index (κ2) is 11.2. The monoisotopic (exact) mass is 546 g/mol. The molecule has 1 aliphatic carbocycles. The standard InChI is InChI=1S/C28H33F3N4O4/c1-17-13-20(16-27(2,3)15-17)35-23-14-18(25(37)32-12-11-24(36)38-4)5-10-22(23)34-26(35)33-19-6-8-21(9-7-19)39-28(29,30)31/h5-10,14,17,20H,11-13,15-16H2,1-4H3,(H,32,37)(H,33,34). The van der Waals surface area contributed by atoms with E-state index in [9.17, 15) is 22.8 Å². The summed E-state index contributed by atoms with van der Waals surface area (Å²) >= 11 is 0. The number of benzene rings is 2. The molecule has 0 bridgehead atoms. The highest BCUT2D eigenvalue weighted by Gasteiger charge is 2.35. The van der Waals surface area contributed by atoms with Crippen molar-refractivity contribution in [3.8, 4) is 5.75 Å². The molecular formula is C28H33F3N4O4. The highest BCUT2D eigenvalue weighted by Crippen LogP contribution is 2.46. The van der Waals surface area contributed by atoms with Crippen molar-refractivity contribution >= 4 is 34.5 Å². The quantitative estimate of drug-likeness (QED) is 0.320. The van der Waals surface area contributed by atoms with E-state index in [-0.39, 0.29) is 36.1 Å². The van der Waals surface area contributed by atoms with Crippen LogP contribution < -0.4 is 15.4 Å². The number of nitrogens with one attached hydrogen (secondary N) is 2. The first-order valence-corrected chi connectivity index (χ1v) is 12.8. The number of nitrogens with zero attached hydrogens (tertiary/aromatic N) is 2. The van der Waals surface area contributed by atoms with Crippen LogP contribution in [-0.2, 0) is 9.53 Å². The molecule has 4 rings (SSSR count). The van der Waals surface area contributed by atoms with Gasteiger partial charge >= 0.3 is 12.3 Å². The van der Waals surface area contributed by atoms with E-state index in [1.807, 2.05) is 0 Å². The van der Waals surface area contributed by atoms with Gasteiger partial charge in [-0.2, -0.15) is 0 Å². The summed E-state index contributed by atoms with van der Waals surface area (Å²) in [7, 11) is 1.29. The molecule has 0 saturated heterocycles. The molecular weight excluding hydrogens is 513 g/mol. The lowest BCUT2D eigenvalue weighted by Crippen LogP contribution is -2.30. The maximum Gasteiger partial charge on any atom is 0.573 e. The summed E-state index contributed by atoms with van der Waals surface area (Å²) in [5.41, 5.74) is 2.51. The fourth-order valence-corrected chi connectivity index (χ4v) is 5.54. The first kappa shape index (κ1) is 28.3. The summed E-state index contributed by atoms with van der Waals surface area (Å²) in [4.78, 5) is 29.0. The van der Waals surface area contributed by atoms with Crippen LogP contribution in [0.4, 0.5) is 24.8 Å². The minimum atomic E-state index is -4.77. The molecule has 2 unspecified atom stereocenters. The van der Waals surface area contributed by atoms with Crippen LogP contribution in [0.2, 0.25) is 0 Å². The molecule has 0 spiro atoms. The Morgan fingerprint density at radius 2 is 1.85 bits per heavy atom. The van der Waals surface area contributed by atoms with E-state index in [0.29, 0.717) is 28.6 Å². The zero-order chi connectivity index (χ0) is 28.4. The zero-order valence-corrected chi connectivity index (χ0v) is 22.4. The summed E-state index contributed by atoms with van der Waals surface area (Å²) in [6.45, 7) is 6.85. The van der Waals surface area contributed by atoms with Crippen LogP contribution in [0, 0.1) is 11.3 Å². The number of carbonyl (C=O) groups excluding carboxylic acids is 2. The number of imidazole rings is 1. The number of anilines is 2. The number of methoxy groups -OCH3 is 1. The minimum Gasteiger partial charge on any atom is -0.469 e. The van der Waals surface area contributed by atoms with Crippen LogP contribution in [0.15, 0.2) is 42.5 Å². The fourth-order valence-electron chi connectivity index (χ4n) is 5.54. The predicted molar refractivity (Wildman–Crippen MR) is 141 cm³/mol. The van der Waals surface area contributed by atoms with Gasteiger partial charge in [0.2, 0.25) is 5.95 Å². The molecule has 1 aromatic heterocycles. The Morgan fingerprint density at radius 1 is 1.13 bits per heavy atom. The van der Waals surface area contributed by atoms with Crippen LogP contribution in [0.1, 0.15) is 62.9 Å². The first-order chi connectivity index (χ1) is 18.3. The van der Waals surface area contributed by atoms with Crippen molar-refractivity contribution in [3.05, 3.63) is 48.0 Å². The maximum atomic E-state index is 12.8. The Hall–Kier alpha value is -3.76.